The minimum atomic E-state index is -0.621. The molecule has 0 fully saturated rings. The summed E-state index contributed by atoms with van der Waals surface area (Å²) in [6.45, 7) is 0.606. The Hall–Kier alpha value is -3.47. The van der Waals surface area contributed by atoms with Crippen LogP contribution in [0.2, 0.25) is 0 Å². The van der Waals surface area contributed by atoms with Crippen LogP contribution in [0.3, 0.4) is 0 Å². The van der Waals surface area contributed by atoms with Gasteiger partial charge in [0, 0.05) is 12.3 Å². The van der Waals surface area contributed by atoms with Gasteiger partial charge < -0.3 is 29.4 Å². The first kappa shape index (κ1) is 20.8. The van der Waals surface area contributed by atoms with E-state index >= 15 is 0 Å². The molecule has 0 aliphatic carbocycles. The maximum absolute atomic E-state index is 12.5. The smallest absolute Gasteiger partial charge is 0.286 e. The fourth-order valence-electron chi connectivity index (χ4n) is 3.44. The third-order valence-corrected chi connectivity index (χ3v) is 5.10. The van der Waals surface area contributed by atoms with Crippen molar-refractivity contribution in [3.05, 3.63) is 71.0 Å². The third kappa shape index (κ3) is 5.00. The Morgan fingerprint density at radius 3 is 2.71 bits per heavy atom. The fraction of sp³-hybridized carbons (Fsp3) is 0.292. The van der Waals surface area contributed by atoms with Crippen LogP contribution in [0.1, 0.15) is 29.0 Å². The van der Waals surface area contributed by atoms with Crippen LogP contribution in [0.5, 0.6) is 11.5 Å². The number of terminal acetylenes is 1. The number of hydrogen-bond acceptors (Lipinski definition) is 6. The molecule has 31 heavy (non-hydrogen) atoms. The maximum Gasteiger partial charge on any atom is 0.286 e. The molecule has 4 rings (SSSR count). The van der Waals surface area contributed by atoms with E-state index in [1.54, 1.807) is 6.08 Å². The lowest BCUT2D eigenvalue weighted by atomic mass is 9.92. The number of benzene rings is 2. The first-order chi connectivity index (χ1) is 15.2. The predicted molar refractivity (Wildman–Crippen MR) is 112 cm³/mol. The third-order valence-electron chi connectivity index (χ3n) is 5.10. The maximum atomic E-state index is 12.5. The molecule has 7 nitrogen and oxygen atoms in total. The number of rotatable bonds is 7. The highest BCUT2D eigenvalue weighted by Crippen LogP contribution is 2.38. The van der Waals surface area contributed by atoms with Gasteiger partial charge in [-0.1, -0.05) is 36.3 Å². The van der Waals surface area contributed by atoms with E-state index in [1.165, 1.54) is 0 Å². The van der Waals surface area contributed by atoms with Crippen molar-refractivity contribution in [3.63, 3.8) is 0 Å². The van der Waals surface area contributed by atoms with Gasteiger partial charge in [0.1, 0.15) is 0 Å². The van der Waals surface area contributed by atoms with E-state index in [-0.39, 0.29) is 37.5 Å². The van der Waals surface area contributed by atoms with E-state index in [0.29, 0.717) is 24.5 Å². The number of ether oxygens (including phenoxy) is 4. The van der Waals surface area contributed by atoms with Crippen molar-refractivity contribution < 1.29 is 28.8 Å². The molecule has 0 spiro atoms. The molecule has 0 saturated heterocycles. The van der Waals surface area contributed by atoms with Crippen LogP contribution in [0.25, 0.3) is 0 Å². The van der Waals surface area contributed by atoms with Gasteiger partial charge in [0.2, 0.25) is 13.1 Å². The lowest BCUT2D eigenvalue weighted by Crippen LogP contribution is -2.33. The summed E-state index contributed by atoms with van der Waals surface area (Å²) in [5.74, 6) is 3.43. The first-order valence-electron chi connectivity index (χ1n) is 9.96. The Morgan fingerprint density at radius 2 is 1.94 bits per heavy atom. The summed E-state index contributed by atoms with van der Waals surface area (Å²) in [7, 11) is 0. The van der Waals surface area contributed by atoms with Gasteiger partial charge >= 0.3 is 0 Å². The van der Waals surface area contributed by atoms with E-state index in [0.717, 1.165) is 16.7 Å². The summed E-state index contributed by atoms with van der Waals surface area (Å²) < 4.78 is 22.7. The SMILES string of the molecule is C#CCNC(=O)C1=C[C@@H](c2ccc3c(c2)OCO3)C[C@@H](OCc2ccc(CO)cc2)O1. The number of nitrogens with one attached hydrogen (secondary N) is 1. The molecule has 1 amide bonds. The van der Waals surface area contributed by atoms with E-state index < -0.39 is 6.29 Å². The second-order valence-electron chi connectivity index (χ2n) is 7.21. The van der Waals surface area contributed by atoms with Crippen molar-refractivity contribution in [3.8, 4) is 23.8 Å². The quantitative estimate of drug-likeness (QED) is 0.669. The fourth-order valence-corrected chi connectivity index (χ4v) is 3.44. The summed E-state index contributed by atoms with van der Waals surface area (Å²) in [4.78, 5) is 12.5. The zero-order chi connectivity index (χ0) is 21.6. The van der Waals surface area contributed by atoms with Crippen molar-refractivity contribution in [2.24, 2.45) is 0 Å². The summed E-state index contributed by atoms with van der Waals surface area (Å²) in [5, 5.41) is 11.8. The average molecular weight is 421 g/mol. The van der Waals surface area contributed by atoms with Gasteiger partial charge in [0.25, 0.3) is 5.91 Å². The largest absolute Gasteiger partial charge is 0.459 e. The molecule has 160 valence electrons. The highest BCUT2D eigenvalue weighted by atomic mass is 16.7. The van der Waals surface area contributed by atoms with Crippen molar-refractivity contribution in [1.29, 1.82) is 0 Å². The number of carbonyl (C=O) groups is 1. The molecule has 2 heterocycles. The summed E-state index contributed by atoms with van der Waals surface area (Å²) in [6, 6.07) is 13.2. The summed E-state index contributed by atoms with van der Waals surface area (Å²) in [6.07, 6.45) is 6.93. The minimum Gasteiger partial charge on any atom is -0.459 e. The van der Waals surface area contributed by atoms with E-state index in [1.807, 2.05) is 42.5 Å². The molecule has 2 atom stereocenters. The van der Waals surface area contributed by atoms with E-state index in [4.69, 9.17) is 25.4 Å². The number of amides is 1. The summed E-state index contributed by atoms with van der Waals surface area (Å²) in [5.41, 5.74) is 2.74. The number of aliphatic hydroxyl groups excluding tert-OH is 1. The van der Waals surface area contributed by atoms with Gasteiger partial charge in [-0.05, 0) is 34.9 Å². The van der Waals surface area contributed by atoms with Crippen LogP contribution in [0, 0.1) is 12.3 Å². The van der Waals surface area contributed by atoms with Crippen LogP contribution in [0.15, 0.2) is 54.3 Å². The lowest BCUT2D eigenvalue weighted by Gasteiger charge is -2.29. The highest BCUT2D eigenvalue weighted by Gasteiger charge is 2.29. The highest BCUT2D eigenvalue weighted by molar-refractivity contribution is 5.91. The topological polar surface area (TPSA) is 86.3 Å². The molecule has 0 unspecified atom stereocenters. The molecular formula is C24H23NO6. The van der Waals surface area contributed by atoms with Gasteiger partial charge in [-0.25, -0.2) is 0 Å². The molecule has 2 aromatic carbocycles. The molecule has 2 N–H and O–H groups in total. The molecule has 2 aliphatic heterocycles. The Bertz CT molecular complexity index is 1010. The van der Waals surface area contributed by atoms with Gasteiger partial charge in [-0.15, -0.1) is 6.42 Å². The molecule has 0 aromatic heterocycles. The van der Waals surface area contributed by atoms with E-state index in [2.05, 4.69) is 11.2 Å². The number of hydrogen-bond donors (Lipinski definition) is 2. The number of carbonyl (C=O) groups excluding carboxylic acids is 1. The van der Waals surface area contributed by atoms with Crippen LogP contribution >= 0.6 is 0 Å². The zero-order valence-corrected chi connectivity index (χ0v) is 16.9. The second kappa shape index (κ2) is 9.56. The van der Waals surface area contributed by atoms with Crippen molar-refractivity contribution >= 4 is 5.91 Å². The molecule has 0 saturated carbocycles. The number of fused-ring (bicyclic) bond motifs is 1. The monoisotopic (exact) mass is 421 g/mol. The Labute approximate surface area is 180 Å². The molecule has 2 aromatic rings. The molecule has 0 radical (unpaired) electrons. The predicted octanol–water partition coefficient (Wildman–Crippen LogP) is 2.59. The molecule has 7 heteroatoms. The van der Waals surface area contributed by atoms with Gasteiger partial charge in [0.05, 0.1) is 19.8 Å². The number of aliphatic hydroxyl groups is 1. The first-order valence-corrected chi connectivity index (χ1v) is 9.96. The Balaban J connectivity index is 1.50. The lowest BCUT2D eigenvalue weighted by molar-refractivity contribution is -0.150. The molecular weight excluding hydrogens is 398 g/mol. The van der Waals surface area contributed by atoms with Crippen molar-refractivity contribution in [2.75, 3.05) is 13.3 Å². The minimum absolute atomic E-state index is 0.00892. The molecule has 2 aliphatic rings. The van der Waals surface area contributed by atoms with Crippen LogP contribution in [0.4, 0.5) is 0 Å². The van der Waals surface area contributed by atoms with Crippen molar-refractivity contribution in [2.45, 2.75) is 31.8 Å². The van der Waals surface area contributed by atoms with Crippen LogP contribution < -0.4 is 14.8 Å². The van der Waals surface area contributed by atoms with Crippen LogP contribution in [-0.2, 0) is 27.5 Å². The van der Waals surface area contributed by atoms with Crippen molar-refractivity contribution in [1.82, 2.24) is 5.32 Å². The van der Waals surface area contributed by atoms with Gasteiger partial charge in [-0.2, -0.15) is 0 Å². The van der Waals surface area contributed by atoms with E-state index in [9.17, 15) is 9.90 Å². The standard InChI is InChI=1S/C24H23NO6/c1-2-9-25-24(27)22-11-19(18-7-8-20-21(10-18)30-15-29-20)12-23(31-22)28-14-17-5-3-16(13-26)4-6-17/h1,3-8,10-11,19,23,26H,9,12-15H2,(H,25,27)/t19-,23+/m1/s1. The van der Waals surface area contributed by atoms with Crippen LogP contribution in [-0.4, -0.2) is 30.6 Å². The number of allylic oxidation sites excluding steroid dienone is 1. The second-order valence-corrected chi connectivity index (χ2v) is 7.21. The molecule has 0 bridgehead atoms. The normalized spacial score (nSPS) is 19.2. The Kier molecular flexibility index (Phi) is 6.41. The van der Waals surface area contributed by atoms with Gasteiger partial charge in [0.15, 0.2) is 17.3 Å². The zero-order valence-electron chi connectivity index (χ0n) is 16.9. The average Bonchev–Trinajstić information content (AvgIpc) is 3.29. The Morgan fingerprint density at radius 1 is 1.16 bits per heavy atom. The summed E-state index contributed by atoms with van der Waals surface area (Å²) >= 11 is 0. The van der Waals surface area contributed by atoms with Gasteiger partial charge in [-0.3, -0.25) is 4.79 Å².